The van der Waals surface area contributed by atoms with Crippen LogP contribution in [-0.4, -0.2) is 30.2 Å². The first-order valence-corrected chi connectivity index (χ1v) is 5.99. The summed E-state index contributed by atoms with van der Waals surface area (Å²) in [5.74, 6) is 0.298. The third kappa shape index (κ3) is 3.78. The Morgan fingerprint density at radius 2 is 2.06 bits per heavy atom. The predicted molar refractivity (Wildman–Crippen MR) is 68.7 cm³/mol. The van der Waals surface area contributed by atoms with Gasteiger partial charge in [0.05, 0.1) is 0 Å². The molecule has 0 saturated heterocycles. The molecule has 2 nitrogen and oxygen atoms in total. The van der Waals surface area contributed by atoms with Crippen molar-refractivity contribution in [1.29, 1.82) is 0 Å². The zero-order valence-electron chi connectivity index (χ0n) is 10.2. The lowest BCUT2D eigenvalue weighted by Crippen LogP contribution is -2.28. The van der Waals surface area contributed by atoms with Gasteiger partial charge >= 0.3 is 0 Å². The van der Waals surface area contributed by atoms with E-state index in [2.05, 4.69) is 24.9 Å². The van der Waals surface area contributed by atoms with Crippen molar-refractivity contribution in [2.75, 3.05) is 20.2 Å². The first kappa shape index (κ1) is 13.5. The largest absolute Gasteiger partial charge is 0.396 e. The molecule has 90 valence electrons. The van der Waals surface area contributed by atoms with Gasteiger partial charge in [0.1, 0.15) is 0 Å². The number of nitrogens with zero attached hydrogens (tertiary/aromatic N) is 1. The van der Waals surface area contributed by atoms with Crippen LogP contribution >= 0.6 is 11.6 Å². The van der Waals surface area contributed by atoms with E-state index in [0.29, 0.717) is 12.0 Å². The van der Waals surface area contributed by atoms with Crippen LogP contribution in [0.1, 0.15) is 25.5 Å². The molecule has 3 heteroatoms. The quantitative estimate of drug-likeness (QED) is 0.857. The van der Waals surface area contributed by atoms with Gasteiger partial charge < -0.3 is 5.11 Å². The number of hydrogen-bond donors (Lipinski definition) is 1. The Morgan fingerprint density at radius 3 is 2.62 bits per heavy atom. The highest BCUT2D eigenvalue weighted by atomic mass is 35.5. The molecule has 1 N–H and O–H groups in total. The lowest BCUT2D eigenvalue weighted by molar-refractivity contribution is 0.167. The molecule has 0 heterocycles. The zero-order chi connectivity index (χ0) is 12.1. The van der Waals surface area contributed by atoms with Crippen LogP contribution in [-0.2, 0) is 0 Å². The summed E-state index contributed by atoms with van der Waals surface area (Å²) in [7, 11) is 2.07. The number of aliphatic hydroxyl groups excluding tert-OH is 1. The van der Waals surface area contributed by atoms with Crippen LogP contribution in [0.3, 0.4) is 0 Å². The van der Waals surface area contributed by atoms with Crippen LogP contribution < -0.4 is 0 Å². The summed E-state index contributed by atoms with van der Waals surface area (Å²) < 4.78 is 0. The van der Waals surface area contributed by atoms with Gasteiger partial charge in [0, 0.05) is 24.2 Å². The van der Waals surface area contributed by atoms with Crippen molar-refractivity contribution in [2.24, 2.45) is 5.92 Å². The standard InChI is InChI=1S/C13H20ClNO/c1-10(9-16)8-15(3)11(2)12-5-4-6-13(14)7-12/h4-7,10-11,16H,8-9H2,1-3H3. The lowest BCUT2D eigenvalue weighted by atomic mass is 10.1. The molecule has 0 aromatic heterocycles. The molecule has 1 aromatic carbocycles. The molecule has 0 saturated carbocycles. The topological polar surface area (TPSA) is 23.5 Å². The Morgan fingerprint density at radius 1 is 1.38 bits per heavy atom. The van der Waals surface area contributed by atoms with Crippen molar-refractivity contribution in [1.82, 2.24) is 4.90 Å². The van der Waals surface area contributed by atoms with Gasteiger partial charge in [-0.1, -0.05) is 30.7 Å². The minimum absolute atomic E-state index is 0.229. The van der Waals surface area contributed by atoms with Crippen molar-refractivity contribution in [3.63, 3.8) is 0 Å². The van der Waals surface area contributed by atoms with Gasteiger partial charge in [-0.25, -0.2) is 0 Å². The molecular weight excluding hydrogens is 222 g/mol. The molecule has 0 aliphatic rings. The van der Waals surface area contributed by atoms with Crippen molar-refractivity contribution < 1.29 is 5.11 Å². The maximum atomic E-state index is 9.03. The molecule has 0 fully saturated rings. The highest BCUT2D eigenvalue weighted by molar-refractivity contribution is 6.30. The second kappa shape index (κ2) is 6.24. The van der Waals surface area contributed by atoms with E-state index >= 15 is 0 Å². The molecule has 0 bridgehead atoms. The van der Waals surface area contributed by atoms with E-state index in [1.165, 1.54) is 5.56 Å². The van der Waals surface area contributed by atoms with E-state index in [4.69, 9.17) is 16.7 Å². The fraction of sp³-hybridized carbons (Fsp3) is 0.538. The third-order valence-corrected chi connectivity index (χ3v) is 3.14. The normalized spacial score (nSPS) is 15.1. The summed E-state index contributed by atoms with van der Waals surface area (Å²) in [6.07, 6.45) is 0. The molecular formula is C13H20ClNO. The van der Waals surface area contributed by atoms with Crippen LogP contribution in [0.4, 0.5) is 0 Å². The van der Waals surface area contributed by atoms with Gasteiger partial charge in [-0.05, 0) is 37.6 Å². The Labute approximate surface area is 103 Å². The molecule has 0 aliphatic carbocycles. The second-order valence-corrected chi connectivity index (χ2v) is 4.89. The number of benzene rings is 1. The molecule has 0 spiro atoms. The summed E-state index contributed by atoms with van der Waals surface area (Å²) in [5, 5.41) is 9.80. The van der Waals surface area contributed by atoms with Gasteiger partial charge in [-0.3, -0.25) is 4.90 Å². The van der Waals surface area contributed by atoms with Crippen molar-refractivity contribution in [3.05, 3.63) is 34.9 Å². The number of rotatable bonds is 5. The second-order valence-electron chi connectivity index (χ2n) is 4.46. The summed E-state index contributed by atoms with van der Waals surface area (Å²) in [5.41, 5.74) is 1.21. The third-order valence-electron chi connectivity index (χ3n) is 2.90. The fourth-order valence-electron chi connectivity index (χ4n) is 1.73. The molecule has 1 rings (SSSR count). The number of halogens is 1. The summed E-state index contributed by atoms with van der Waals surface area (Å²) >= 11 is 5.97. The molecule has 16 heavy (non-hydrogen) atoms. The first-order chi connectivity index (χ1) is 7.54. The number of aliphatic hydroxyl groups is 1. The highest BCUT2D eigenvalue weighted by Crippen LogP contribution is 2.22. The Balaban J connectivity index is 2.66. The van der Waals surface area contributed by atoms with E-state index in [1.807, 2.05) is 25.1 Å². The van der Waals surface area contributed by atoms with E-state index < -0.39 is 0 Å². The molecule has 2 unspecified atom stereocenters. The maximum Gasteiger partial charge on any atom is 0.0468 e. The van der Waals surface area contributed by atoms with Crippen LogP contribution in [0.5, 0.6) is 0 Å². The lowest BCUT2D eigenvalue weighted by Gasteiger charge is -2.27. The number of hydrogen-bond acceptors (Lipinski definition) is 2. The Hall–Kier alpha value is -0.570. The highest BCUT2D eigenvalue weighted by Gasteiger charge is 2.14. The molecule has 0 radical (unpaired) electrons. The molecule has 1 aromatic rings. The Kier molecular flexibility index (Phi) is 5.26. The van der Waals surface area contributed by atoms with Gasteiger partial charge in [-0.15, -0.1) is 0 Å². The van der Waals surface area contributed by atoms with E-state index in [-0.39, 0.29) is 6.61 Å². The van der Waals surface area contributed by atoms with Crippen LogP contribution in [0.15, 0.2) is 24.3 Å². The Bertz CT molecular complexity index is 329. The molecule has 2 atom stereocenters. The smallest absolute Gasteiger partial charge is 0.0468 e. The van der Waals surface area contributed by atoms with E-state index in [0.717, 1.165) is 11.6 Å². The van der Waals surface area contributed by atoms with E-state index in [9.17, 15) is 0 Å². The maximum absolute atomic E-state index is 9.03. The van der Waals surface area contributed by atoms with Gasteiger partial charge in [-0.2, -0.15) is 0 Å². The van der Waals surface area contributed by atoms with Crippen LogP contribution in [0.25, 0.3) is 0 Å². The molecule has 0 amide bonds. The van der Waals surface area contributed by atoms with Crippen molar-refractivity contribution in [2.45, 2.75) is 19.9 Å². The van der Waals surface area contributed by atoms with Crippen LogP contribution in [0, 0.1) is 5.92 Å². The zero-order valence-corrected chi connectivity index (χ0v) is 10.9. The molecule has 0 aliphatic heterocycles. The SMILES string of the molecule is CC(CO)CN(C)C(C)c1cccc(Cl)c1. The van der Waals surface area contributed by atoms with E-state index in [1.54, 1.807) is 0 Å². The summed E-state index contributed by atoms with van der Waals surface area (Å²) in [6, 6.07) is 8.24. The summed E-state index contributed by atoms with van der Waals surface area (Å²) in [6.45, 7) is 5.30. The minimum Gasteiger partial charge on any atom is -0.396 e. The van der Waals surface area contributed by atoms with Gasteiger partial charge in [0.2, 0.25) is 0 Å². The first-order valence-electron chi connectivity index (χ1n) is 5.61. The van der Waals surface area contributed by atoms with Gasteiger partial charge in [0.15, 0.2) is 0 Å². The average Bonchev–Trinajstić information content (AvgIpc) is 2.27. The fourth-order valence-corrected chi connectivity index (χ4v) is 1.93. The summed E-state index contributed by atoms with van der Waals surface area (Å²) in [4.78, 5) is 2.23. The monoisotopic (exact) mass is 241 g/mol. The predicted octanol–water partition coefficient (Wildman–Crippen LogP) is 2.96. The minimum atomic E-state index is 0.229. The van der Waals surface area contributed by atoms with Crippen molar-refractivity contribution >= 4 is 11.6 Å². The average molecular weight is 242 g/mol. The van der Waals surface area contributed by atoms with Crippen molar-refractivity contribution in [3.8, 4) is 0 Å². The van der Waals surface area contributed by atoms with Gasteiger partial charge in [0.25, 0.3) is 0 Å². The van der Waals surface area contributed by atoms with Crippen LogP contribution in [0.2, 0.25) is 5.02 Å².